The number of carboxylic acids is 3. The van der Waals surface area contributed by atoms with Gasteiger partial charge in [0.15, 0.2) is 5.41 Å². The molecule has 0 aromatic carbocycles. The molecule has 0 rings (SSSR count). The maximum absolute atomic E-state index is 11.7. The first-order valence-electron chi connectivity index (χ1n) is 11.1. The van der Waals surface area contributed by atoms with Crippen LogP contribution in [0.3, 0.4) is 0 Å². The summed E-state index contributed by atoms with van der Waals surface area (Å²) in [6, 6.07) is 0. The van der Waals surface area contributed by atoms with Crippen LogP contribution in [-0.2, 0) is 14.4 Å². The number of hydrogen-bond acceptors (Lipinski definition) is 3. The maximum Gasteiger partial charge on any atom is 0.321 e. The van der Waals surface area contributed by atoms with Crippen molar-refractivity contribution in [3.8, 4) is 0 Å². The van der Waals surface area contributed by atoms with Gasteiger partial charge < -0.3 is 15.3 Å². The molecule has 0 atom stereocenters. The Morgan fingerprint density at radius 3 is 1.29 bits per heavy atom. The van der Waals surface area contributed by atoms with E-state index in [1.807, 2.05) is 0 Å². The Hall–Kier alpha value is -1.59. The molecule has 0 aromatic rings. The van der Waals surface area contributed by atoms with E-state index >= 15 is 0 Å². The van der Waals surface area contributed by atoms with Gasteiger partial charge in [-0.25, -0.2) is 0 Å². The van der Waals surface area contributed by atoms with E-state index in [4.69, 9.17) is 5.11 Å². The van der Waals surface area contributed by atoms with E-state index in [0.717, 1.165) is 44.9 Å². The quantitative estimate of drug-likeness (QED) is 0.174. The molecule has 28 heavy (non-hydrogen) atoms. The van der Waals surface area contributed by atoms with Crippen LogP contribution in [0.1, 0.15) is 116 Å². The van der Waals surface area contributed by atoms with Crippen LogP contribution in [0.4, 0.5) is 0 Å². The highest BCUT2D eigenvalue weighted by atomic mass is 16.4. The SMILES string of the molecule is CCCCCCCCCCC(CCCCCCCCC(=O)O)(C(=O)O)C(=O)O. The zero-order chi connectivity index (χ0) is 21.3. The van der Waals surface area contributed by atoms with Crippen molar-refractivity contribution in [2.24, 2.45) is 5.41 Å². The second-order valence-electron chi connectivity index (χ2n) is 7.93. The third-order valence-corrected chi connectivity index (χ3v) is 5.52. The average Bonchev–Trinajstić information content (AvgIpc) is 2.63. The number of unbranched alkanes of at least 4 members (excludes halogenated alkanes) is 12. The predicted molar refractivity (Wildman–Crippen MR) is 110 cm³/mol. The van der Waals surface area contributed by atoms with Gasteiger partial charge in [-0.2, -0.15) is 0 Å². The lowest BCUT2D eigenvalue weighted by Gasteiger charge is -2.25. The van der Waals surface area contributed by atoms with Gasteiger partial charge >= 0.3 is 17.9 Å². The molecule has 0 saturated carbocycles. The molecule has 0 amide bonds. The fourth-order valence-corrected chi connectivity index (χ4v) is 3.61. The van der Waals surface area contributed by atoms with Gasteiger partial charge in [0, 0.05) is 6.42 Å². The number of hydrogen-bond donors (Lipinski definition) is 3. The molecule has 3 N–H and O–H groups in total. The van der Waals surface area contributed by atoms with Crippen LogP contribution >= 0.6 is 0 Å². The topological polar surface area (TPSA) is 112 Å². The van der Waals surface area contributed by atoms with Gasteiger partial charge in [-0.15, -0.1) is 0 Å². The lowest BCUT2D eigenvalue weighted by molar-refractivity contribution is -0.166. The molecular formula is C22H40O6. The molecule has 164 valence electrons. The minimum atomic E-state index is -1.66. The van der Waals surface area contributed by atoms with Gasteiger partial charge in [0.1, 0.15) is 0 Å². The molecule has 0 saturated heterocycles. The smallest absolute Gasteiger partial charge is 0.321 e. The van der Waals surface area contributed by atoms with Crippen molar-refractivity contribution < 1.29 is 29.7 Å². The summed E-state index contributed by atoms with van der Waals surface area (Å²) in [5.74, 6) is -3.22. The Kier molecular flexibility index (Phi) is 15.4. The molecule has 0 aromatic heterocycles. The molecule has 0 bridgehead atoms. The van der Waals surface area contributed by atoms with Crippen molar-refractivity contribution in [1.29, 1.82) is 0 Å². The third kappa shape index (κ3) is 12.0. The molecule has 0 aliphatic carbocycles. The van der Waals surface area contributed by atoms with Crippen LogP contribution in [-0.4, -0.2) is 33.2 Å². The van der Waals surface area contributed by atoms with Gasteiger partial charge in [-0.3, -0.25) is 14.4 Å². The molecule has 6 heteroatoms. The predicted octanol–water partition coefficient (Wildman–Crippen LogP) is 5.88. The summed E-state index contributed by atoms with van der Waals surface area (Å²) in [5, 5.41) is 27.8. The van der Waals surface area contributed by atoms with Gasteiger partial charge in [0.2, 0.25) is 0 Å². The molecule has 0 fully saturated rings. The fourth-order valence-electron chi connectivity index (χ4n) is 3.61. The largest absolute Gasteiger partial charge is 0.481 e. The molecule has 0 unspecified atom stereocenters. The maximum atomic E-state index is 11.7. The Morgan fingerprint density at radius 1 is 0.571 bits per heavy atom. The van der Waals surface area contributed by atoms with Crippen molar-refractivity contribution in [2.75, 3.05) is 0 Å². The average molecular weight is 401 g/mol. The summed E-state index contributed by atoms with van der Waals surface area (Å²) in [5.41, 5.74) is -1.66. The first-order valence-corrected chi connectivity index (χ1v) is 11.1. The fraction of sp³-hybridized carbons (Fsp3) is 0.864. The standard InChI is InChI=1S/C22H40O6/c1-2-3-4-5-6-8-11-14-17-22(20(25)26,21(27)28)18-15-12-9-7-10-13-16-19(23)24/h2-18H2,1H3,(H,23,24)(H,25,26)(H,27,28). The second-order valence-corrected chi connectivity index (χ2v) is 7.93. The second kappa shape index (κ2) is 16.4. The summed E-state index contributed by atoms with van der Waals surface area (Å²) in [7, 11) is 0. The first-order chi connectivity index (χ1) is 13.4. The first kappa shape index (κ1) is 26.4. The van der Waals surface area contributed by atoms with Crippen molar-refractivity contribution in [1.82, 2.24) is 0 Å². The van der Waals surface area contributed by atoms with Crippen LogP contribution in [0.25, 0.3) is 0 Å². The summed E-state index contributed by atoms with van der Waals surface area (Å²) < 4.78 is 0. The molecule has 0 spiro atoms. The third-order valence-electron chi connectivity index (χ3n) is 5.52. The molecule has 0 aliphatic heterocycles. The van der Waals surface area contributed by atoms with E-state index in [9.17, 15) is 24.6 Å². The lowest BCUT2D eigenvalue weighted by atomic mass is 9.78. The van der Waals surface area contributed by atoms with E-state index < -0.39 is 23.3 Å². The molecular weight excluding hydrogens is 360 g/mol. The number of rotatable bonds is 20. The number of carboxylic acid groups (broad SMARTS) is 3. The van der Waals surface area contributed by atoms with E-state index in [-0.39, 0.29) is 19.3 Å². The molecule has 0 radical (unpaired) electrons. The Labute approximate surface area is 169 Å². The summed E-state index contributed by atoms with van der Waals surface area (Å²) in [6.45, 7) is 2.18. The van der Waals surface area contributed by atoms with E-state index in [1.54, 1.807) is 0 Å². The van der Waals surface area contributed by atoms with E-state index in [0.29, 0.717) is 19.3 Å². The highest BCUT2D eigenvalue weighted by Crippen LogP contribution is 2.33. The summed E-state index contributed by atoms with van der Waals surface area (Å²) >= 11 is 0. The van der Waals surface area contributed by atoms with Crippen molar-refractivity contribution in [3.05, 3.63) is 0 Å². The summed E-state index contributed by atoms with van der Waals surface area (Å²) in [4.78, 5) is 33.9. The number of carbonyl (C=O) groups is 3. The minimum absolute atomic E-state index is 0.170. The zero-order valence-corrected chi connectivity index (χ0v) is 17.6. The highest BCUT2D eigenvalue weighted by molar-refractivity contribution is 5.98. The lowest BCUT2D eigenvalue weighted by Crippen LogP contribution is -2.39. The van der Waals surface area contributed by atoms with Crippen LogP contribution in [0, 0.1) is 5.41 Å². The number of aliphatic carboxylic acids is 3. The Bertz CT molecular complexity index is 432. The van der Waals surface area contributed by atoms with Crippen molar-refractivity contribution in [3.63, 3.8) is 0 Å². The van der Waals surface area contributed by atoms with Gasteiger partial charge in [0.05, 0.1) is 0 Å². The molecule has 0 heterocycles. The van der Waals surface area contributed by atoms with Crippen LogP contribution < -0.4 is 0 Å². The van der Waals surface area contributed by atoms with Gasteiger partial charge in [-0.05, 0) is 19.3 Å². The van der Waals surface area contributed by atoms with Crippen LogP contribution in [0.5, 0.6) is 0 Å². The minimum Gasteiger partial charge on any atom is -0.481 e. The Balaban J connectivity index is 4.15. The van der Waals surface area contributed by atoms with Gasteiger partial charge in [-0.1, -0.05) is 90.4 Å². The normalized spacial score (nSPS) is 11.5. The summed E-state index contributed by atoms with van der Waals surface area (Å²) in [6.07, 6.45) is 13.8. The monoisotopic (exact) mass is 400 g/mol. The molecule has 6 nitrogen and oxygen atoms in total. The zero-order valence-electron chi connectivity index (χ0n) is 17.6. The molecule has 0 aliphatic rings. The van der Waals surface area contributed by atoms with Crippen molar-refractivity contribution in [2.45, 2.75) is 116 Å². The highest BCUT2D eigenvalue weighted by Gasteiger charge is 2.45. The van der Waals surface area contributed by atoms with Gasteiger partial charge in [0.25, 0.3) is 0 Å². The van der Waals surface area contributed by atoms with Crippen LogP contribution in [0.2, 0.25) is 0 Å². The van der Waals surface area contributed by atoms with Crippen LogP contribution in [0.15, 0.2) is 0 Å². The van der Waals surface area contributed by atoms with E-state index in [1.165, 1.54) is 25.7 Å². The van der Waals surface area contributed by atoms with Crippen molar-refractivity contribution >= 4 is 17.9 Å². The Morgan fingerprint density at radius 2 is 0.929 bits per heavy atom. The van der Waals surface area contributed by atoms with E-state index in [2.05, 4.69) is 6.92 Å².